The Morgan fingerprint density at radius 3 is 2.76 bits per heavy atom. The summed E-state index contributed by atoms with van der Waals surface area (Å²) in [6.45, 7) is 5.39. The molecule has 0 unspecified atom stereocenters. The number of rotatable bonds is 2. The lowest BCUT2D eigenvalue weighted by Crippen LogP contribution is -3.13. The zero-order valence-corrected chi connectivity index (χ0v) is 17.1. The maximum atomic E-state index is 10.4. The first-order valence-electron chi connectivity index (χ1n) is 10.2. The minimum atomic E-state index is -0.488. The summed E-state index contributed by atoms with van der Waals surface area (Å²) in [6, 6.07) is 10.3. The number of fused-ring (bicyclic) bond motifs is 4. The minimum Gasteiger partial charge on any atom is -0.508 e. The van der Waals surface area contributed by atoms with E-state index in [1.54, 1.807) is 11.0 Å². The van der Waals surface area contributed by atoms with Gasteiger partial charge in [0.05, 0.1) is 44.2 Å². The third-order valence-corrected chi connectivity index (χ3v) is 6.72. The van der Waals surface area contributed by atoms with E-state index in [0.29, 0.717) is 17.0 Å². The van der Waals surface area contributed by atoms with Crippen molar-refractivity contribution in [3.63, 3.8) is 0 Å². The van der Waals surface area contributed by atoms with Crippen LogP contribution in [0.5, 0.6) is 17.2 Å². The van der Waals surface area contributed by atoms with E-state index in [4.69, 9.17) is 21.4 Å². The molecule has 29 heavy (non-hydrogen) atoms. The lowest BCUT2D eigenvalue weighted by atomic mass is 9.90. The Morgan fingerprint density at radius 2 is 2.00 bits per heavy atom. The number of phenols is 2. The molecule has 1 atom stereocenters. The molecular formula is C22H25ClN3O3+. The quantitative estimate of drug-likeness (QED) is 0.661. The number of aromatic hydroxyl groups is 2. The summed E-state index contributed by atoms with van der Waals surface area (Å²) in [4.78, 5) is 1.58. The van der Waals surface area contributed by atoms with Crippen molar-refractivity contribution in [3.8, 4) is 17.2 Å². The molecule has 0 bridgehead atoms. The second kappa shape index (κ2) is 6.82. The van der Waals surface area contributed by atoms with Crippen LogP contribution in [0.25, 0.3) is 0 Å². The van der Waals surface area contributed by atoms with Crippen LogP contribution in [0.15, 0.2) is 41.5 Å². The largest absolute Gasteiger partial charge is 0.508 e. The first kappa shape index (κ1) is 18.6. The average molecular weight is 415 g/mol. The Hall–Kier alpha value is -2.44. The molecule has 0 radical (unpaired) electrons. The monoisotopic (exact) mass is 414 g/mol. The number of likely N-dealkylation sites (tertiary alicyclic amines) is 1. The highest BCUT2D eigenvalue weighted by molar-refractivity contribution is 6.30. The van der Waals surface area contributed by atoms with E-state index >= 15 is 0 Å². The number of hydrogen-bond acceptors (Lipinski definition) is 5. The van der Waals surface area contributed by atoms with Crippen molar-refractivity contribution < 1.29 is 19.8 Å². The van der Waals surface area contributed by atoms with Crippen LogP contribution in [0.3, 0.4) is 0 Å². The number of benzene rings is 2. The van der Waals surface area contributed by atoms with Crippen LogP contribution >= 0.6 is 11.6 Å². The molecule has 3 heterocycles. The third-order valence-electron chi connectivity index (χ3n) is 6.49. The summed E-state index contributed by atoms with van der Waals surface area (Å²) >= 11 is 6.29. The highest BCUT2D eigenvalue weighted by atomic mass is 35.5. The number of piperidine rings is 1. The Balaban J connectivity index is 1.59. The molecule has 6 nitrogen and oxygen atoms in total. The van der Waals surface area contributed by atoms with Gasteiger partial charge in [-0.25, -0.2) is 5.01 Å². The van der Waals surface area contributed by atoms with Gasteiger partial charge in [-0.2, -0.15) is 5.10 Å². The van der Waals surface area contributed by atoms with E-state index in [-0.39, 0.29) is 17.5 Å². The summed E-state index contributed by atoms with van der Waals surface area (Å²) < 4.78 is 6.60. The van der Waals surface area contributed by atoms with Gasteiger partial charge in [0.2, 0.25) is 5.72 Å². The molecule has 7 heteroatoms. The van der Waals surface area contributed by atoms with Gasteiger partial charge in [-0.3, -0.25) is 0 Å². The zero-order valence-electron chi connectivity index (χ0n) is 16.4. The number of ether oxygens (including phenoxy) is 1. The third kappa shape index (κ3) is 3.02. The molecule has 3 N–H and O–H groups in total. The highest BCUT2D eigenvalue weighted by Crippen LogP contribution is 2.50. The van der Waals surface area contributed by atoms with Crippen LogP contribution in [-0.2, 0) is 0 Å². The van der Waals surface area contributed by atoms with Crippen LogP contribution in [0.1, 0.15) is 43.4 Å². The molecule has 5 rings (SSSR count). The molecule has 3 aliphatic rings. The molecule has 2 aromatic carbocycles. The fraction of sp³-hybridized carbons (Fsp3) is 0.409. The van der Waals surface area contributed by atoms with E-state index in [1.807, 2.05) is 18.2 Å². The first-order chi connectivity index (χ1) is 14.0. The molecule has 2 aromatic rings. The summed E-state index contributed by atoms with van der Waals surface area (Å²) in [5.74, 6) is 1.10. The molecule has 0 aromatic heterocycles. The van der Waals surface area contributed by atoms with Crippen LogP contribution in [0, 0.1) is 0 Å². The molecule has 1 spiro atoms. The summed E-state index contributed by atoms with van der Waals surface area (Å²) in [6.07, 6.45) is 2.40. The van der Waals surface area contributed by atoms with Crippen molar-refractivity contribution in [2.45, 2.75) is 38.0 Å². The Bertz CT molecular complexity index is 985. The zero-order chi connectivity index (χ0) is 20.2. The predicted molar refractivity (Wildman–Crippen MR) is 111 cm³/mol. The van der Waals surface area contributed by atoms with Gasteiger partial charge in [0.15, 0.2) is 0 Å². The van der Waals surface area contributed by atoms with Gasteiger partial charge >= 0.3 is 0 Å². The predicted octanol–water partition coefficient (Wildman–Crippen LogP) is 2.69. The van der Waals surface area contributed by atoms with E-state index in [2.05, 4.69) is 11.9 Å². The van der Waals surface area contributed by atoms with Crippen molar-refractivity contribution in [2.75, 3.05) is 19.6 Å². The van der Waals surface area contributed by atoms with Gasteiger partial charge in [0.1, 0.15) is 17.2 Å². The maximum absolute atomic E-state index is 10.4. The van der Waals surface area contributed by atoms with Crippen molar-refractivity contribution in [3.05, 3.63) is 52.5 Å². The van der Waals surface area contributed by atoms with Crippen LogP contribution in [0.2, 0.25) is 5.02 Å². The van der Waals surface area contributed by atoms with Gasteiger partial charge in [-0.05, 0) is 43.3 Å². The molecule has 152 valence electrons. The number of nitrogens with zero attached hydrogens (tertiary/aromatic N) is 2. The maximum Gasteiger partial charge on any atom is 0.208 e. The Labute approximate surface area is 175 Å². The number of nitrogens with one attached hydrogen (secondary N) is 1. The summed E-state index contributed by atoms with van der Waals surface area (Å²) in [5.41, 5.74) is 1.85. The van der Waals surface area contributed by atoms with Gasteiger partial charge in [-0.15, -0.1) is 0 Å². The van der Waals surface area contributed by atoms with Crippen LogP contribution in [0.4, 0.5) is 0 Å². The van der Waals surface area contributed by atoms with Crippen molar-refractivity contribution in [2.24, 2.45) is 5.10 Å². The molecule has 1 fully saturated rings. The van der Waals surface area contributed by atoms with Gasteiger partial charge < -0.3 is 19.8 Å². The normalized spacial score (nSPS) is 27.9. The van der Waals surface area contributed by atoms with Crippen molar-refractivity contribution in [1.29, 1.82) is 0 Å². The van der Waals surface area contributed by atoms with E-state index in [1.165, 1.54) is 12.1 Å². The lowest BCUT2D eigenvalue weighted by Gasteiger charge is -2.50. The number of hydrogen-bond donors (Lipinski definition) is 3. The second-order valence-electron chi connectivity index (χ2n) is 8.15. The summed E-state index contributed by atoms with van der Waals surface area (Å²) in [7, 11) is 0. The van der Waals surface area contributed by atoms with Gasteiger partial charge in [0.25, 0.3) is 0 Å². The standard InChI is InChI=1S/C22H24ClN3O3/c1-2-25-9-7-22(8-10-25)26-19(17-11-14(23)3-6-21(17)29-22)13-18(24-26)16-12-15(27)4-5-20(16)28/h3-6,11-12,19,27-28H,2,7-10,13H2,1H3/p+1/t19-/m0/s1. The van der Waals surface area contributed by atoms with E-state index < -0.39 is 5.72 Å². The van der Waals surface area contributed by atoms with Crippen LogP contribution < -0.4 is 9.64 Å². The minimum absolute atomic E-state index is 0.00243. The number of halogens is 1. The smallest absolute Gasteiger partial charge is 0.208 e. The fourth-order valence-corrected chi connectivity index (χ4v) is 5.03. The Morgan fingerprint density at radius 1 is 1.21 bits per heavy atom. The highest BCUT2D eigenvalue weighted by Gasteiger charge is 2.53. The topological polar surface area (TPSA) is 69.7 Å². The lowest BCUT2D eigenvalue weighted by molar-refractivity contribution is -0.906. The molecular weight excluding hydrogens is 390 g/mol. The number of phenolic OH excluding ortho intramolecular Hbond substituents is 2. The average Bonchev–Trinajstić information content (AvgIpc) is 3.18. The van der Waals surface area contributed by atoms with Gasteiger partial charge in [0, 0.05) is 22.6 Å². The second-order valence-corrected chi connectivity index (χ2v) is 8.58. The molecule has 3 aliphatic heterocycles. The van der Waals surface area contributed by atoms with Crippen molar-refractivity contribution in [1.82, 2.24) is 5.01 Å². The Kier molecular flexibility index (Phi) is 4.37. The van der Waals surface area contributed by atoms with E-state index in [0.717, 1.165) is 49.5 Å². The molecule has 1 saturated heterocycles. The van der Waals surface area contributed by atoms with Gasteiger partial charge in [-0.1, -0.05) is 11.6 Å². The first-order valence-corrected chi connectivity index (χ1v) is 10.6. The molecule has 0 saturated carbocycles. The molecule has 0 amide bonds. The van der Waals surface area contributed by atoms with Crippen LogP contribution in [-0.4, -0.2) is 46.3 Å². The summed E-state index contributed by atoms with van der Waals surface area (Å²) in [5, 5.41) is 28.0. The molecule has 0 aliphatic carbocycles. The SMILES string of the molecule is CC[NH+]1CCC2(CC1)Oc1ccc(Cl)cc1[C@@H]1CC(c3cc(O)ccc3O)=NN12. The fourth-order valence-electron chi connectivity index (χ4n) is 4.85. The van der Waals surface area contributed by atoms with E-state index in [9.17, 15) is 10.2 Å². The number of hydrazone groups is 1. The number of quaternary nitrogens is 1. The van der Waals surface area contributed by atoms with Crippen molar-refractivity contribution >= 4 is 17.3 Å².